The number of pyridine rings is 2. The van der Waals surface area contributed by atoms with E-state index in [1.165, 1.54) is 22.3 Å². The molecule has 30 heavy (non-hydrogen) atoms. The molecular formula is C22H22N6OS. The van der Waals surface area contributed by atoms with Crippen molar-refractivity contribution in [2.75, 3.05) is 25.0 Å². The lowest BCUT2D eigenvalue weighted by Gasteiger charge is -2.33. The fraction of sp³-hybridized carbons (Fsp3) is 0.273. The maximum atomic E-state index is 6.06. The van der Waals surface area contributed by atoms with Crippen molar-refractivity contribution in [3.05, 3.63) is 71.0 Å². The molecule has 1 aliphatic rings. The molecule has 1 atom stereocenters. The van der Waals surface area contributed by atoms with E-state index in [2.05, 4.69) is 49.7 Å². The molecule has 152 valence electrons. The Hall–Kier alpha value is -2.94. The molecule has 1 aliphatic heterocycles. The number of hydrogen-bond donors (Lipinski definition) is 1. The summed E-state index contributed by atoms with van der Waals surface area (Å²) in [6, 6.07) is 16.4. The summed E-state index contributed by atoms with van der Waals surface area (Å²) in [7, 11) is 0. The third kappa shape index (κ3) is 4.16. The van der Waals surface area contributed by atoms with Crippen molar-refractivity contribution in [1.29, 1.82) is 0 Å². The maximum absolute atomic E-state index is 6.06. The zero-order valence-electron chi connectivity index (χ0n) is 16.7. The second kappa shape index (κ2) is 8.43. The molecule has 0 unspecified atom stereocenters. The third-order valence-electron chi connectivity index (χ3n) is 5.14. The minimum Gasteiger partial charge on any atom is -0.369 e. The first kappa shape index (κ1) is 19.0. The minimum atomic E-state index is -0.0650. The van der Waals surface area contributed by atoms with E-state index in [9.17, 15) is 0 Å². The van der Waals surface area contributed by atoms with E-state index in [-0.39, 0.29) is 6.10 Å². The van der Waals surface area contributed by atoms with Crippen LogP contribution < -0.4 is 5.32 Å². The summed E-state index contributed by atoms with van der Waals surface area (Å²) in [6.45, 7) is 5.18. The quantitative estimate of drug-likeness (QED) is 0.523. The Bertz CT molecular complexity index is 1160. The predicted octanol–water partition coefficient (Wildman–Crippen LogP) is 4.11. The van der Waals surface area contributed by atoms with Gasteiger partial charge in [0.2, 0.25) is 5.13 Å². The van der Waals surface area contributed by atoms with E-state index in [1.807, 2.05) is 37.4 Å². The molecule has 1 saturated heterocycles. The Morgan fingerprint density at radius 1 is 1.13 bits per heavy atom. The molecule has 1 aromatic carbocycles. The van der Waals surface area contributed by atoms with E-state index in [0.29, 0.717) is 6.61 Å². The highest BCUT2D eigenvalue weighted by Crippen LogP contribution is 2.26. The molecule has 0 bridgehead atoms. The maximum Gasteiger partial charge on any atom is 0.211 e. The van der Waals surface area contributed by atoms with Crippen LogP contribution in [0.25, 0.3) is 10.9 Å². The molecule has 0 aliphatic carbocycles. The zero-order chi connectivity index (χ0) is 20.3. The first-order valence-corrected chi connectivity index (χ1v) is 10.8. The standard InChI is InChI=1S/C22H22N6OS/c1-15-26-27-22(30-15)25-21-9-3-8-19(24-21)20-14-28(11-12-29-20)13-16-5-2-7-18-17(16)6-4-10-23-18/h2-10,20H,11-14H2,1H3,(H,24,25,27)/t20-/m1/s1. The number of aryl methyl sites for hydroxylation is 1. The van der Waals surface area contributed by atoms with Crippen LogP contribution in [-0.4, -0.2) is 44.8 Å². The Balaban J connectivity index is 1.31. The Kier molecular flexibility index (Phi) is 5.35. The van der Waals surface area contributed by atoms with Crippen LogP contribution in [0.3, 0.4) is 0 Å². The van der Waals surface area contributed by atoms with Gasteiger partial charge in [-0.05, 0) is 36.8 Å². The second-order valence-corrected chi connectivity index (χ2v) is 8.46. The van der Waals surface area contributed by atoms with Gasteiger partial charge in [0.15, 0.2) is 0 Å². The van der Waals surface area contributed by atoms with Crippen LogP contribution in [0.4, 0.5) is 10.9 Å². The fourth-order valence-electron chi connectivity index (χ4n) is 3.73. The molecule has 5 rings (SSSR count). The van der Waals surface area contributed by atoms with Crippen LogP contribution in [0.15, 0.2) is 54.7 Å². The normalized spacial score (nSPS) is 17.3. The lowest BCUT2D eigenvalue weighted by Crippen LogP contribution is -2.38. The Morgan fingerprint density at radius 2 is 2.07 bits per heavy atom. The molecule has 7 nitrogen and oxygen atoms in total. The SMILES string of the molecule is Cc1nnc(Nc2cccc([C@H]3CN(Cc4cccc5ncccc45)CCO3)n2)s1. The van der Waals surface area contributed by atoms with Gasteiger partial charge in [0, 0.05) is 31.2 Å². The highest BCUT2D eigenvalue weighted by atomic mass is 32.1. The van der Waals surface area contributed by atoms with Crippen LogP contribution in [0, 0.1) is 6.92 Å². The van der Waals surface area contributed by atoms with Crippen LogP contribution in [0.1, 0.15) is 22.4 Å². The number of morpholine rings is 1. The summed E-state index contributed by atoms with van der Waals surface area (Å²) in [5, 5.41) is 14.3. The summed E-state index contributed by atoms with van der Waals surface area (Å²) in [6.07, 6.45) is 1.77. The number of rotatable bonds is 5. The van der Waals surface area contributed by atoms with Crippen LogP contribution in [-0.2, 0) is 11.3 Å². The van der Waals surface area contributed by atoms with Gasteiger partial charge in [-0.15, -0.1) is 10.2 Å². The number of nitrogens with one attached hydrogen (secondary N) is 1. The summed E-state index contributed by atoms with van der Waals surface area (Å²) in [4.78, 5) is 11.7. The molecule has 1 N–H and O–H groups in total. The summed E-state index contributed by atoms with van der Waals surface area (Å²) in [5.41, 5.74) is 3.24. The molecule has 0 spiro atoms. The molecule has 0 saturated carbocycles. The summed E-state index contributed by atoms with van der Waals surface area (Å²) < 4.78 is 6.06. The summed E-state index contributed by atoms with van der Waals surface area (Å²) in [5.74, 6) is 0.754. The lowest BCUT2D eigenvalue weighted by atomic mass is 10.1. The monoisotopic (exact) mass is 418 g/mol. The number of nitrogens with zero attached hydrogens (tertiary/aromatic N) is 5. The van der Waals surface area contributed by atoms with Gasteiger partial charge in [-0.1, -0.05) is 35.6 Å². The second-order valence-electron chi connectivity index (χ2n) is 7.28. The van der Waals surface area contributed by atoms with Crippen molar-refractivity contribution in [3.63, 3.8) is 0 Å². The first-order chi connectivity index (χ1) is 14.7. The van der Waals surface area contributed by atoms with Gasteiger partial charge in [0.05, 0.1) is 17.8 Å². The number of anilines is 2. The van der Waals surface area contributed by atoms with Gasteiger partial charge in [-0.2, -0.15) is 0 Å². The zero-order valence-corrected chi connectivity index (χ0v) is 17.5. The molecule has 0 amide bonds. The third-order valence-corrected chi connectivity index (χ3v) is 5.90. The van der Waals surface area contributed by atoms with Crippen molar-refractivity contribution in [3.8, 4) is 0 Å². The molecule has 8 heteroatoms. The number of hydrogen-bond acceptors (Lipinski definition) is 8. The van der Waals surface area contributed by atoms with Gasteiger partial charge in [0.1, 0.15) is 16.9 Å². The van der Waals surface area contributed by atoms with Gasteiger partial charge in [0.25, 0.3) is 0 Å². The van der Waals surface area contributed by atoms with Gasteiger partial charge in [-0.3, -0.25) is 9.88 Å². The number of fused-ring (bicyclic) bond motifs is 1. The highest BCUT2D eigenvalue weighted by molar-refractivity contribution is 7.15. The Morgan fingerprint density at radius 3 is 2.97 bits per heavy atom. The van der Waals surface area contributed by atoms with Gasteiger partial charge in [-0.25, -0.2) is 4.98 Å². The fourth-order valence-corrected chi connectivity index (χ4v) is 4.33. The number of ether oxygens (including phenoxy) is 1. The Labute approximate surface area is 178 Å². The smallest absolute Gasteiger partial charge is 0.211 e. The van der Waals surface area contributed by atoms with E-state index >= 15 is 0 Å². The molecular weight excluding hydrogens is 396 g/mol. The van der Waals surface area contributed by atoms with Crippen LogP contribution in [0.5, 0.6) is 0 Å². The van der Waals surface area contributed by atoms with E-state index in [1.54, 1.807) is 0 Å². The van der Waals surface area contributed by atoms with Crippen molar-refractivity contribution in [2.45, 2.75) is 19.6 Å². The number of aromatic nitrogens is 4. The largest absolute Gasteiger partial charge is 0.369 e. The van der Waals surface area contributed by atoms with E-state index in [0.717, 1.165) is 46.8 Å². The topological polar surface area (TPSA) is 76.1 Å². The lowest BCUT2D eigenvalue weighted by molar-refractivity contribution is -0.0348. The average molecular weight is 419 g/mol. The molecule has 3 aromatic heterocycles. The number of benzene rings is 1. The summed E-state index contributed by atoms with van der Waals surface area (Å²) >= 11 is 1.51. The molecule has 4 aromatic rings. The molecule has 1 fully saturated rings. The van der Waals surface area contributed by atoms with Crippen LogP contribution >= 0.6 is 11.3 Å². The van der Waals surface area contributed by atoms with Gasteiger partial charge >= 0.3 is 0 Å². The van der Waals surface area contributed by atoms with E-state index in [4.69, 9.17) is 9.72 Å². The molecule has 4 heterocycles. The van der Waals surface area contributed by atoms with Crippen molar-refractivity contribution < 1.29 is 4.74 Å². The van der Waals surface area contributed by atoms with Crippen LogP contribution in [0.2, 0.25) is 0 Å². The first-order valence-electron chi connectivity index (χ1n) is 9.95. The molecule has 0 radical (unpaired) electrons. The van der Waals surface area contributed by atoms with Gasteiger partial charge < -0.3 is 10.1 Å². The van der Waals surface area contributed by atoms with Crippen molar-refractivity contribution in [1.82, 2.24) is 25.1 Å². The minimum absolute atomic E-state index is 0.0650. The highest BCUT2D eigenvalue weighted by Gasteiger charge is 2.24. The average Bonchev–Trinajstić information content (AvgIpc) is 3.19. The van der Waals surface area contributed by atoms with E-state index < -0.39 is 0 Å². The van der Waals surface area contributed by atoms with Crippen molar-refractivity contribution >= 4 is 33.2 Å². The van der Waals surface area contributed by atoms with Crippen molar-refractivity contribution in [2.24, 2.45) is 0 Å². The predicted molar refractivity (Wildman–Crippen MR) is 118 cm³/mol.